The van der Waals surface area contributed by atoms with Gasteiger partial charge in [-0.05, 0) is 54.9 Å². The highest BCUT2D eigenvalue weighted by Crippen LogP contribution is 2.25. The molecule has 1 unspecified atom stereocenters. The van der Waals surface area contributed by atoms with E-state index in [2.05, 4.69) is 5.32 Å². The summed E-state index contributed by atoms with van der Waals surface area (Å²) in [6.07, 6.45) is 0.329. The second kappa shape index (κ2) is 6.29. The van der Waals surface area contributed by atoms with Crippen LogP contribution in [0.1, 0.15) is 17.2 Å². The Balaban J connectivity index is 2.30. The first-order chi connectivity index (χ1) is 9.49. The summed E-state index contributed by atoms with van der Waals surface area (Å²) in [4.78, 5) is 0. The molecule has 0 saturated heterocycles. The van der Waals surface area contributed by atoms with E-state index in [9.17, 15) is 13.2 Å². The smallest absolute Gasteiger partial charge is 0.126 e. The fourth-order valence-corrected chi connectivity index (χ4v) is 2.28. The molecule has 0 bridgehead atoms. The van der Waals surface area contributed by atoms with Crippen LogP contribution in [0.2, 0.25) is 5.02 Å². The minimum atomic E-state index is -0.648. The van der Waals surface area contributed by atoms with Gasteiger partial charge in [-0.2, -0.15) is 0 Å². The first kappa shape index (κ1) is 14.9. The highest BCUT2D eigenvalue weighted by atomic mass is 35.5. The topological polar surface area (TPSA) is 12.0 Å². The van der Waals surface area contributed by atoms with Crippen LogP contribution in [0.4, 0.5) is 13.2 Å². The van der Waals surface area contributed by atoms with E-state index >= 15 is 0 Å². The maximum absolute atomic E-state index is 13.3. The van der Waals surface area contributed by atoms with Crippen molar-refractivity contribution in [3.05, 3.63) is 70.0 Å². The molecule has 2 aromatic carbocycles. The van der Waals surface area contributed by atoms with Crippen molar-refractivity contribution in [1.29, 1.82) is 0 Å². The Kier molecular flexibility index (Phi) is 4.68. The summed E-state index contributed by atoms with van der Waals surface area (Å²) < 4.78 is 39.7. The lowest BCUT2D eigenvalue weighted by Crippen LogP contribution is -2.19. The van der Waals surface area contributed by atoms with Crippen LogP contribution in [-0.2, 0) is 6.42 Å². The zero-order valence-electron chi connectivity index (χ0n) is 10.8. The normalized spacial score (nSPS) is 12.4. The van der Waals surface area contributed by atoms with E-state index in [-0.39, 0.29) is 6.04 Å². The Hall–Kier alpha value is -1.52. The SMILES string of the molecule is CNC(Cc1cc(F)ccc1Cl)c1cc(F)cc(F)c1. The number of rotatable bonds is 4. The molecule has 106 valence electrons. The molecule has 20 heavy (non-hydrogen) atoms. The van der Waals surface area contributed by atoms with Crippen molar-refractivity contribution >= 4 is 11.6 Å². The number of likely N-dealkylation sites (N-methyl/N-ethyl adjacent to an activating group) is 1. The molecule has 0 fully saturated rings. The van der Waals surface area contributed by atoms with Gasteiger partial charge in [0.1, 0.15) is 17.5 Å². The van der Waals surface area contributed by atoms with E-state index < -0.39 is 17.5 Å². The van der Waals surface area contributed by atoms with Crippen LogP contribution in [0.25, 0.3) is 0 Å². The molecule has 2 rings (SSSR count). The molecule has 0 aliphatic carbocycles. The summed E-state index contributed by atoms with van der Waals surface area (Å²) in [5.74, 6) is -1.69. The van der Waals surface area contributed by atoms with Crippen molar-refractivity contribution in [1.82, 2.24) is 5.32 Å². The molecular weight excluding hydrogens is 287 g/mol. The van der Waals surface area contributed by atoms with Gasteiger partial charge in [-0.25, -0.2) is 13.2 Å². The summed E-state index contributed by atoms with van der Waals surface area (Å²) in [6, 6.07) is 7.00. The molecule has 0 spiro atoms. The molecule has 0 heterocycles. The molecule has 0 amide bonds. The molecule has 0 aliphatic heterocycles. The number of hydrogen-bond donors (Lipinski definition) is 1. The van der Waals surface area contributed by atoms with Crippen LogP contribution < -0.4 is 5.32 Å². The van der Waals surface area contributed by atoms with Crippen LogP contribution in [0, 0.1) is 17.5 Å². The molecule has 5 heteroatoms. The number of benzene rings is 2. The lowest BCUT2D eigenvalue weighted by molar-refractivity contribution is 0.549. The Labute approximate surface area is 120 Å². The van der Waals surface area contributed by atoms with Gasteiger partial charge in [-0.1, -0.05) is 11.6 Å². The van der Waals surface area contributed by atoms with Gasteiger partial charge in [0.15, 0.2) is 0 Å². The van der Waals surface area contributed by atoms with Gasteiger partial charge in [-0.15, -0.1) is 0 Å². The summed E-state index contributed by atoms with van der Waals surface area (Å²) in [5, 5.41) is 3.37. The Morgan fingerprint density at radius 1 is 1.00 bits per heavy atom. The summed E-state index contributed by atoms with van der Waals surface area (Å²) in [7, 11) is 1.67. The molecule has 1 N–H and O–H groups in total. The van der Waals surface area contributed by atoms with Crippen LogP contribution in [0.15, 0.2) is 36.4 Å². The zero-order chi connectivity index (χ0) is 14.7. The average molecular weight is 300 g/mol. The Morgan fingerprint density at radius 2 is 1.65 bits per heavy atom. The molecule has 0 aliphatic rings. The van der Waals surface area contributed by atoms with Crippen molar-refractivity contribution in [2.45, 2.75) is 12.5 Å². The van der Waals surface area contributed by atoms with Crippen molar-refractivity contribution in [2.24, 2.45) is 0 Å². The minimum absolute atomic E-state index is 0.329. The second-order valence-electron chi connectivity index (χ2n) is 4.48. The third-order valence-electron chi connectivity index (χ3n) is 3.07. The third kappa shape index (κ3) is 3.52. The van der Waals surface area contributed by atoms with E-state index in [1.54, 1.807) is 7.05 Å². The van der Waals surface area contributed by atoms with Gasteiger partial charge in [0, 0.05) is 17.1 Å². The van der Waals surface area contributed by atoms with Gasteiger partial charge in [-0.3, -0.25) is 0 Å². The largest absolute Gasteiger partial charge is 0.313 e. The summed E-state index contributed by atoms with van der Waals surface area (Å²) in [6.45, 7) is 0. The molecule has 0 aromatic heterocycles. The lowest BCUT2D eigenvalue weighted by Gasteiger charge is -2.18. The monoisotopic (exact) mass is 299 g/mol. The predicted molar refractivity (Wildman–Crippen MR) is 73.3 cm³/mol. The molecule has 1 nitrogen and oxygen atoms in total. The van der Waals surface area contributed by atoms with Gasteiger partial charge in [0.25, 0.3) is 0 Å². The van der Waals surface area contributed by atoms with E-state index in [4.69, 9.17) is 11.6 Å². The second-order valence-corrected chi connectivity index (χ2v) is 4.89. The van der Waals surface area contributed by atoms with Crippen LogP contribution in [0.5, 0.6) is 0 Å². The van der Waals surface area contributed by atoms with Crippen LogP contribution >= 0.6 is 11.6 Å². The van der Waals surface area contributed by atoms with E-state index in [1.165, 1.54) is 30.3 Å². The average Bonchev–Trinajstić information content (AvgIpc) is 2.38. The van der Waals surface area contributed by atoms with E-state index in [0.717, 1.165) is 6.07 Å². The Bertz CT molecular complexity index is 596. The van der Waals surface area contributed by atoms with Crippen molar-refractivity contribution in [3.63, 3.8) is 0 Å². The fraction of sp³-hybridized carbons (Fsp3) is 0.200. The minimum Gasteiger partial charge on any atom is -0.313 e. The fourth-order valence-electron chi connectivity index (χ4n) is 2.08. The molecule has 0 saturated carbocycles. The molecule has 1 atom stereocenters. The zero-order valence-corrected chi connectivity index (χ0v) is 11.5. The van der Waals surface area contributed by atoms with Gasteiger partial charge in [0.05, 0.1) is 0 Å². The number of hydrogen-bond acceptors (Lipinski definition) is 1. The highest BCUT2D eigenvalue weighted by Gasteiger charge is 2.14. The molecule has 2 aromatic rings. The van der Waals surface area contributed by atoms with Crippen LogP contribution in [-0.4, -0.2) is 7.05 Å². The quantitative estimate of drug-likeness (QED) is 0.889. The van der Waals surface area contributed by atoms with Gasteiger partial charge in [0.2, 0.25) is 0 Å². The maximum atomic E-state index is 13.3. The third-order valence-corrected chi connectivity index (χ3v) is 3.44. The lowest BCUT2D eigenvalue weighted by atomic mass is 9.98. The van der Waals surface area contributed by atoms with Crippen molar-refractivity contribution in [3.8, 4) is 0 Å². The summed E-state index contributed by atoms with van der Waals surface area (Å²) >= 11 is 6.00. The first-order valence-corrected chi connectivity index (χ1v) is 6.44. The van der Waals surface area contributed by atoms with Crippen molar-refractivity contribution < 1.29 is 13.2 Å². The molecule has 0 radical (unpaired) electrons. The highest BCUT2D eigenvalue weighted by molar-refractivity contribution is 6.31. The maximum Gasteiger partial charge on any atom is 0.126 e. The van der Waals surface area contributed by atoms with Gasteiger partial charge >= 0.3 is 0 Å². The number of halogens is 4. The van der Waals surface area contributed by atoms with E-state index in [0.29, 0.717) is 22.6 Å². The van der Waals surface area contributed by atoms with Crippen LogP contribution in [0.3, 0.4) is 0 Å². The summed E-state index contributed by atoms with van der Waals surface area (Å²) in [5.41, 5.74) is 1.03. The Morgan fingerprint density at radius 3 is 2.25 bits per heavy atom. The standard InChI is InChI=1S/C15H13ClF3N/c1-20-15(10-5-12(18)8-13(19)6-10)7-9-4-11(17)2-3-14(9)16/h2-6,8,15,20H,7H2,1H3. The molecular formula is C15H13ClF3N. The van der Waals surface area contributed by atoms with Crippen molar-refractivity contribution in [2.75, 3.05) is 7.05 Å². The number of nitrogens with one attached hydrogen (secondary N) is 1. The van der Waals surface area contributed by atoms with E-state index in [1.807, 2.05) is 0 Å². The predicted octanol–water partition coefficient (Wildman–Crippen LogP) is 4.26. The first-order valence-electron chi connectivity index (χ1n) is 6.07. The van der Waals surface area contributed by atoms with Gasteiger partial charge < -0.3 is 5.32 Å².